The average Bonchev–Trinajstić information content (AvgIpc) is 2.93. The minimum atomic E-state index is -4.40. The Labute approximate surface area is 199 Å². The third-order valence-corrected chi connectivity index (χ3v) is 6.27. The van der Waals surface area contributed by atoms with E-state index in [0.29, 0.717) is 19.5 Å². The Hall–Kier alpha value is -2.07. The van der Waals surface area contributed by atoms with Crippen molar-refractivity contribution >= 4 is 6.09 Å². The van der Waals surface area contributed by atoms with Crippen LogP contribution in [-0.2, 0) is 17.6 Å². The molecule has 1 aromatic rings. The summed E-state index contributed by atoms with van der Waals surface area (Å²) in [5.74, 6) is 0.157. The Morgan fingerprint density at radius 2 is 1.85 bits per heavy atom. The molecular formula is C24H36F3N3O4. The van der Waals surface area contributed by atoms with Gasteiger partial charge in [-0.15, -0.1) is 0 Å². The lowest BCUT2D eigenvalue weighted by atomic mass is 9.82. The van der Waals surface area contributed by atoms with Gasteiger partial charge in [-0.25, -0.2) is 9.78 Å². The second-order valence-electron chi connectivity index (χ2n) is 10.3. The van der Waals surface area contributed by atoms with Crippen molar-refractivity contribution in [1.82, 2.24) is 15.2 Å². The van der Waals surface area contributed by atoms with E-state index >= 15 is 0 Å². The number of aliphatic hydroxyl groups is 1. The van der Waals surface area contributed by atoms with Gasteiger partial charge in [-0.3, -0.25) is 0 Å². The highest BCUT2D eigenvalue weighted by atomic mass is 19.4. The van der Waals surface area contributed by atoms with Crippen LogP contribution in [0.25, 0.3) is 0 Å². The summed E-state index contributed by atoms with van der Waals surface area (Å²) in [7, 11) is 0. The zero-order valence-corrected chi connectivity index (χ0v) is 20.2. The van der Waals surface area contributed by atoms with E-state index in [0.717, 1.165) is 49.9 Å². The molecule has 0 radical (unpaired) electrons. The first-order valence-electron chi connectivity index (χ1n) is 12.0. The Morgan fingerprint density at radius 1 is 1.18 bits per heavy atom. The fourth-order valence-corrected chi connectivity index (χ4v) is 4.56. The summed E-state index contributed by atoms with van der Waals surface area (Å²) in [6, 6.07) is 3.33. The van der Waals surface area contributed by atoms with Crippen molar-refractivity contribution in [2.75, 3.05) is 26.2 Å². The zero-order chi connectivity index (χ0) is 24.9. The van der Waals surface area contributed by atoms with Crippen LogP contribution in [0.5, 0.6) is 5.88 Å². The molecule has 1 aliphatic heterocycles. The maximum atomic E-state index is 12.4. The minimum Gasteiger partial charge on any atom is -0.468 e. The van der Waals surface area contributed by atoms with Crippen LogP contribution < -0.4 is 10.1 Å². The second kappa shape index (κ2) is 11.1. The molecular weight excluding hydrogens is 451 g/mol. The molecule has 1 saturated carbocycles. The summed E-state index contributed by atoms with van der Waals surface area (Å²) < 4.78 is 47.3. The van der Waals surface area contributed by atoms with Gasteiger partial charge in [-0.1, -0.05) is 6.07 Å². The highest BCUT2D eigenvalue weighted by molar-refractivity contribution is 5.68. The topological polar surface area (TPSA) is 83.9 Å². The molecule has 34 heavy (non-hydrogen) atoms. The number of carbonyl (C=O) groups excluding carboxylic acids is 1. The molecule has 0 saturated heterocycles. The van der Waals surface area contributed by atoms with E-state index in [1.165, 1.54) is 6.07 Å². The SMILES string of the molecule is CC(C)(C)OC(=O)N[C@H]1CC[C@H](C(O)CN2CCc3ccc(OCC(F)(F)F)nc3CC2)CC1. The van der Waals surface area contributed by atoms with Crippen LogP contribution in [0.1, 0.15) is 57.7 Å². The summed E-state index contributed by atoms with van der Waals surface area (Å²) in [6.45, 7) is 6.11. The summed E-state index contributed by atoms with van der Waals surface area (Å²) >= 11 is 0. The monoisotopic (exact) mass is 487 g/mol. The van der Waals surface area contributed by atoms with E-state index in [9.17, 15) is 23.1 Å². The number of alkyl halides is 3. The number of pyridine rings is 1. The Kier molecular flexibility index (Phi) is 8.67. The molecule has 0 bridgehead atoms. The van der Waals surface area contributed by atoms with Gasteiger partial charge in [0.15, 0.2) is 6.61 Å². The van der Waals surface area contributed by atoms with Gasteiger partial charge in [0.2, 0.25) is 5.88 Å². The lowest BCUT2D eigenvalue weighted by Crippen LogP contribution is -2.44. The van der Waals surface area contributed by atoms with E-state index in [1.807, 2.05) is 20.8 Å². The normalized spacial score (nSPS) is 22.9. The first-order chi connectivity index (χ1) is 15.9. The van der Waals surface area contributed by atoms with E-state index < -0.39 is 30.6 Å². The number of hydrogen-bond acceptors (Lipinski definition) is 6. The van der Waals surface area contributed by atoms with Crippen LogP contribution in [-0.4, -0.2) is 71.2 Å². The maximum Gasteiger partial charge on any atom is 0.422 e. The van der Waals surface area contributed by atoms with Gasteiger partial charge in [-0.2, -0.15) is 13.2 Å². The first kappa shape index (κ1) is 26.5. The van der Waals surface area contributed by atoms with Gasteiger partial charge in [0, 0.05) is 43.9 Å². The number of halogens is 3. The van der Waals surface area contributed by atoms with Crippen molar-refractivity contribution in [3.05, 3.63) is 23.4 Å². The Balaban J connectivity index is 1.43. The van der Waals surface area contributed by atoms with Crippen molar-refractivity contribution in [2.24, 2.45) is 5.92 Å². The number of nitrogens with one attached hydrogen (secondary N) is 1. The van der Waals surface area contributed by atoms with Crippen molar-refractivity contribution in [3.63, 3.8) is 0 Å². The molecule has 2 aliphatic rings. The summed E-state index contributed by atoms with van der Waals surface area (Å²) in [5.41, 5.74) is 1.23. The van der Waals surface area contributed by atoms with Crippen LogP contribution in [0.3, 0.4) is 0 Å². The number of aliphatic hydroxyl groups excluding tert-OH is 1. The molecule has 0 spiro atoms. The molecule has 3 rings (SSSR count). The van der Waals surface area contributed by atoms with Crippen molar-refractivity contribution in [2.45, 2.75) is 83.2 Å². The molecule has 10 heteroatoms. The number of amides is 1. The number of β-amino-alcohol motifs (C(OH)–C–C–N with tert-alkyl or cyclic N) is 1. The summed E-state index contributed by atoms with van der Waals surface area (Å²) in [4.78, 5) is 18.4. The molecule has 1 atom stereocenters. The molecule has 0 aromatic carbocycles. The van der Waals surface area contributed by atoms with E-state index in [2.05, 4.69) is 15.2 Å². The number of carbonyl (C=O) groups is 1. The van der Waals surface area contributed by atoms with Crippen LogP contribution in [0.4, 0.5) is 18.0 Å². The molecule has 1 amide bonds. The van der Waals surface area contributed by atoms with E-state index in [4.69, 9.17) is 9.47 Å². The van der Waals surface area contributed by atoms with Crippen molar-refractivity contribution in [3.8, 4) is 5.88 Å². The highest BCUT2D eigenvalue weighted by Gasteiger charge is 2.31. The third-order valence-electron chi connectivity index (χ3n) is 6.27. The standard InChI is InChI=1S/C24H36F3N3O4/c1-23(2,3)34-22(32)28-18-7-4-17(5-8-18)20(31)14-30-12-10-16-6-9-21(29-19(16)11-13-30)33-15-24(25,26)27/h6,9,17-18,20,31H,4-5,7-8,10-15H2,1-3H3,(H,28,32)/t17-,18-,20?. The molecule has 2 N–H and O–H groups in total. The summed E-state index contributed by atoms with van der Waals surface area (Å²) in [6.07, 6.45) is -0.684. The van der Waals surface area contributed by atoms with Crippen molar-refractivity contribution in [1.29, 1.82) is 0 Å². The van der Waals surface area contributed by atoms with Gasteiger partial charge < -0.3 is 24.8 Å². The lowest BCUT2D eigenvalue weighted by Gasteiger charge is -2.34. The van der Waals surface area contributed by atoms with Crippen LogP contribution in [0, 0.1) is 5.92 Å². The van der Waals surface area contributed by atoms with E-state index in [1.54, 1.807) is 6.07 Å². The molecule has 1 aliphatic carbocycles. The Morgan fingerprint density at radius 3 is 2.50 bits per heavy atom. The van der Waals surface area contributed by atoms with Gasteiger partial charge in [0.1, 0.15) is 5.60 Å². The third kappa shape index (κ3) is 8.61. The van der Waals surface area contributed by atoms with Crippen LogP contribution in [0.2, 0.25) is 0 Å². The number of ether oxygens (including phenoxy) is 2. The number of hydrogen-bond donors (Lipinski definition) is 2. The minimum absolute atomic E-state index is 0.0127. The Bertz CT molecular complexity index is 821. The largest absolute Gasteiger partial charge is 0.468 e. The fourth-order valence-electron chi connectivity index (χ4n) is 4.56. The second-order valence-corrected chi connectivity index (χ2v) is 10.3. The highest BCUT2D eigenvalue weighted by Crippen LogP contribution is 2.28. The predicted octanol–water partition coefficient (Wildman–Crippen LogP) is 3.87. The van der Waals surface area contributed by atoms with Gasteiger partial charge in [0.05, 0.1) is 6.10 Å². The number of nitrogens with zero attached hydrogens (tertiary/aromatic N) is 2. The molecule has 2 heterocycles. The van der Waals surface area contributed by atoms with Gasteiger partial charge in [0.25, 0.3) is 0 Å². The molecule has 1 unspecified atom stereocenters. The lowest BCUT2D eigenvalue weighted by molar-refractivity contribution is -0.154. The number of fused-ring (bicyclic) bond motifs is 1. The smallest absolute Gasteiger partial charge is 0.422 e. The van der Waals surface area contributed by atoms with Crippen molar-refractivity contribution < 1.29 is 32.5 Å². The molecule has 192 valence electrons. The van der Waals surface area contributed by atoms with Crippen LogP contribution in [0.15, 0.2) is 12.1 Å². The zero-order valence-electron chi connectivity index (χ0n) is 20.2. The van der Waals surface area contributed by atoms with Crippen LogP contribution >= 0.6 is 0 Å². The molecule has 1 aromatic heterocycles. The van der Waals surface area contributed by atoms with Gasteiger partial charge >= 0.3 is 12.3 Å². The molecule has 1 fully saturated rings. The first-order valence-corrected chi connectivity index (χ1v) is 12.0. The number of alkyl carbamates (subject to hydrolysis) is 1. The predicted molar refractivity (Wildman–Crippen MR) is 121 cm³/mol. The fraction of sp³-hybridized carbons (Fsp3) is 0.750. The van der Waals surface area contributed by atoms with E-state index in [-0.39, 0.29) is 17.8 Å². The van der Waals surface area contributed by atoms with Gasteiger partial charge in [-0.05, 0) is 64.4 Å². The number of rotatable bonds is 6. The summed E-state index contributed by atoms with van der Waals surface area (Å²) in [5, 5.41) is 13.8. The molecule has 7 nitrogen and oxygen atoms in total. The maximum absolute atomic E-state index is 12.4. The average molecular weight is 488 g/mol. The number of aromatic nitrogens is 1. The quantitative estimate of drug-likeness (QED) is 0.634.